The molecule has 57 heavy (non-hydrogen) atoms. The van der Waals surface area contributed by atoms with E-state index in [0.717, 1.165) is 32.1 Å². The summed E-state index contributed by atoms with van der Waals surface area (Å²) < 4.78 is 48.1. The molecule has 0 saturated heterocycles. The van der Waals surface area contributed by atoms with Crippen molar-refractivity contribution in [2.45, 2.75) is 140 Å². The number of hydrogen-bond acceptors (Lipinski definition) is 13. The minimum absolute atomic E-state index is 0. The third-order valence-electron chi connectivity index (χ3n) is 7.90. The van der Waals surface area contributed by atoms with Crippen molar-refractivity contribution in [3.05, 3.63) is 0 Å². The van der Waals surface area contributed by atoms with Gasteiger partial charge in [-0.3, -0.25) is 18.4 Å². The molecule has 0 aromatic carbocycles. The van der Waals surface area contributed by atoms with E-state index in [9.17, 15) is 44.0 Å². The summed E-state index contributed by atoms with van der Waals surface area (Å²) in [6, 6.07) is 0. The zero-order valence-corrected chi connectivity index (χ0v) is 34.4. The molecule has 0 aliphatic heterocycles. The molecule has 0 heterocycles. The number of aliphatic hydroxyl groups is 4. The molecule has 338 valence electrons. The standard InChI is InChI=1S/C38H50O16P2.H2S.11H2/c1-3-5-7-9-11-13-15-16-17-19-21-23-25-27-32(40)52-30(28-50-31(39)26-24-22-20-18-14-12-10-8-6-4-2)29-51-56(48,49)54-38-35(43)33(41)37(34(42)36(38)44)53-55(45,46)47;;;;;;;;;;;;/h2,30,33-38,41-44H,3,5,7,9,11,13,15-17,19,21,23,25,27-29H2,1H3,(H,48,49)(H2,45,46,47);1H2;11*1H/t30-,33+,34?,35?,36+,37?,38?;;;;;;;;;;;;/m1............/s1. The van der Waals surface area contributed by atoms with Crippen LogP contribution in [-0.2, 0) is 41.8 Å². The van der Waals surface area contributed by atoms with Crippen LogP contribution in [0.2, 0.25) is 0 Å². The number of hydrogen-bond donors (Lipinski definition) is 7. The van der Waals surface area contributed by atoms with Crippen LogP contribution in [0.5, 0.6) is 0 Å². The first kappa shape index (κ1) is 53.7. The second-order valence-electron chi connectivity index (χ2n) is 12.5. The first-order valence-corrected chi connectivity index (χ1v) is 21.1. The number of aliphatic hydroxyl groups excluding tert-OH is 4. The molecule has 7 N–H and O–H groups in total. The summed E-state index contributed by atoms with van der Waals surface area (Å²) >= 11 is 0. The van der Waals surface area contributed by atoms with Crippen LogP contribution in [0, 0.1) is 71.5 Å². The summed E-state index contributed by atoms with van der Waals surface area (Å²) in [5, 5.41) is 41.1. The van der Waals surface area contributed by atoms with Gasteiger partial charge in [-0.15, -0.1) is 6.42 Å². The van der Waals surface area contributed by atoms with Gasteiger partial charge in [0.25, 0.3) is 0 Å². The van der Waals surface area contributed by atoms with E-state index in [2.05, 4.69) is 70.7 Å². The zero-order chi connectivity index (χ0) is 41.8. The molecule has 1 saturated carbocycles. The molecule has 19 heteroatoms. The van der Waals surface area contributed by atoms with Crippen molar-refractivity contribution >= 4 is 41.1 Å². The van der Waals surface area contributed by atoms with Gasteiger partial charge in [0.1, 0.15) is 43.2 Å². The van der Waals surface area contributed by atoms with E-state index in [4.69, 9.17) is 34.7 Å². The molecule has 0 spiro atoms. The zero-order valence-electron chi connectivity index (χ0n) is 31.6. The fourth-order valence-corrected chi connectivity index (χ4v) is 6.68. The Labute approximate surface area is 357 Å². The molecule has 16 nitrogen and oxygen atoms in total. The van der Waals surface area contributed by atoms with Crippen molar-refractivity contribution in [3.8, 4) is 71.5 Å². The highest BCUT2D eigenvalue weighted by atomic mass is 32.1. The van der Waals surface area contributed by atoms with Gasteiger partial charge in [0, 0.05) is 28.0 Å². The Hall–Kier alpha value is -3.29. The molecule has 0 aromatic heterocycles. The number of carbonyl (C=O) groups excluding carboxylic acids is 2. The van der Waals surface area contributed by atoms with Crippen LogP contribution in [0.3, 0.4) is 0 Å². The monoisotopic (exact) mass is 880 g/mol. The van der Waals surface area contributed by atoms with Gasteiger partial charge in [-0.1, -0.05) is 84.0 Å². The number of phosphoric ester groups is 2. The Morgan fingerprint density at radius 3 is 1.53 bits per heavy atom. The van der Waals surface area contributed by atoms with E-state index in [-0.39, 0.29) is 35.6 Å². The summed E-state index contributed by atoms with van der Waals surface area (Å²) in [6.07, 6.45) is 3.91. The Morgan fingerprint density at radius 2 is 1.07 bits per heavy atom. The molecule has 1 aliphatic carbocycles. The van der Waals surface area contributed by atoms with Crippen molar-refractivity contribution in [1.82, 2.24) is 0 Å². The van der Waals surface area contributed by atoms with E-state index < -0.39 is 83.5 Å². The number of phosphoric acid groups is 2. The first-order chi connectivity index (χ1) is 26.6. The van der Waals surface area contributed by atoms with Gasteiger partial charge in [0.15, 0.2) is 6.10 Å². The molecule has 0 bridgehead atoms. The molecule has 0 radical (unpaired) electrons. The van der Waals surface area contributed by atoms with Crippen molar-refractivity contribution in [2.24, 2.45) is 0 Å². The number of ether oxygens (including phenoxy) is 2. The molecule has 0 aromatic rings. The van der Waals surface area contributed by atoms with E-state index >= 15 is 0 Å². The molecule has 0 amide bonds. The Balaban J connectivity index is -0.000000261. The van der Waals surface area contributed by atoms with Gasteiger partial charge in [-0.05, 0) is 65.6 Å². The topological polar surface area (TPSA) is 256 Å². The van der Waals surface area contributed by atoms with Crippen molar-refractivity contribution in [3.63, 3.8) is 0 Å². The highest BCUT2D eigenvalue weighted by Crippen LogP contribution is 2.48. The van der Waals surface area contributed by atoms with Crippen LogP contribution in [-0.4, -0.2) is 103 Å². The fraction of sp³-hybridized carbons (Fsp3) is 0.632. The van der Waals surface area contributed by atoms with Gasteiger partial charge in [0.2, 0.25) is 0 Å². The van der Waals surface area contributed by atoms with Crippen LogP contribution >= 0.6 is 29.1 Å². The minimum Gasteiger partial charge on any atom is -0.456 e. The number of unbranched alkanes of at least 4 members (excludes halogenated alkanes) is 12. The van der Waals surface area contributed by atoms with Crippen LogP contribution < -0.4 is 0 Å². The predicted molar refractivity (Wildman–Crippen MR) is 234 cm³/mol. The first-order valence-electron chi connectivity index (χ1n) is 18.1. The molecule has 1 fully saturated rings. The summed E-state index contributed by atoms with van der Waals surface area (Å²) in [6.45, 7) is 0.543. The molecule has 1 rings (SSSR count). The lowest BCUT2D eigenvalue weighted by Gasteiger charge is -2.43. The predicted octanol–water partition coefficient (Wildman–Crippen LogP) is 4.83. The van der Waals surface area contributed by atoms with Crippen LogP contribution in [0.25, 0.3) is 0 Å². The van der Waals surface area contributed by atoms with Crippen molar-refractivity contribution in [1.29, 1.82) is 0 Å². The second-order valence-corrected chi connectivity index (χ2v) is 15.1. The lowest BCUT2D eigenvalue weighted by molar-refractivity contribution is -0.216. The Morgan fingerprint density at radius 1 is 0.649 bits per heavy atom. The maximum atomic E-state index is 12.8. The smallest absolute Gasteiger partial charge is 0.456 e. The minimum atomic E-state index is -5.34. The molecule has 1 aliphatic rings. The average Bonchev–Trinajstić information content (AvgIpc) is 3.14. The third kappa shape index (κ3) is 25.6. The second kappa shape index (κ2) is 30.7. The molecular weight excluding hydrogens is 806 g/mol. The summed E-state index contributed by atoms with van der Waals surface area (Å²) in [5.41, 5.74) is 0. The van der Waals surface area contributed by atoms with Crippen molar-refractivity contribution < 1.29 is 92.6 Å². The number of terminal acetylenes is 1. The van der Waals surface area contributed by atoms with E-state index in [1.165, 1.54) is 44.9 Å². The normalized spacial score (nSPS) is 21.1. The highest BCUT2D eigenvalue weighted by molar-refractivity contribution is 7.59. The number of rotatable bonds is 24. The van der Waals surface area contributed by atoms with E-state index in [1.807, 2.05) is 5.92 Å². The number of esters is 2. The third-order valence-corrected chi connectivity index (χ3v) is 9.41. The Kier molecular flexibility index (Phi) is 29.0. The highest BCUT2D eigenvalue weighted by Gasteiger charge is 2.54. The van der Waals surface area contributed by atoms with Gasteiger partial charge in [-0.25, -0.2) is 13.9 Å². The van der Waals surface area contributed by atoms with Crippen LogP contribution in [0.1, 0.15) is 113 Å². The summed E-state index contributed by atoms with van der Waals surface area (Å²) in [7, 11) is -10.7. The van der Waals surface area contributed by atoms with Gasteiger partial charge >= 0.3 is 27.6 Å². The lowest BCUT2D eigenvalue weighted by atomic mass is 9.85. The van der Waals surface area contributed by atoms with Crippen LogP contribution in [0.15, 0.2) is 0 Å². The lowest BCUT2D eigenvalue weighted by Crippen LogP contribution is -2.64. The largest absolute Gasteiger partial charge is 0.472 e. The Bertz CT molecular complexity index is 1730. The van der Waals surface area contributed by atoms with E-state index in [1.54, 1.807) is 0 Å². The van der Waals surface area contributed by atoms with Gasteiger partial charge in [-0.2, -0.15) is 13.5 Å². The van der Waals surface area contributed by atoms with Gasteiger partial charge in [0.05, 0.1) is 6.61 Å². The number of carbonyl (C=O) groups is 2. The summed E-state index contributed by atoms with van der Waals surface area (Å²) in [4.78, 5) is 53.2. The molecule has 5 unspecified atom stereocenters. The fourth-order valence-electron chi connectivity index (χ4n) is 5.14. The molecular formula is C38H74O16P2S. The van der Waals surface area contributed by atoms with Crippen LogP contribution in [0.4, 0.5) is 0 Å². The average molecular weight is 881 g/mol. The maximum absolute atomic E-state index is 12.8. The molecule has 8 atom stereocenters. The maximum Gasteiger partial charge on any atom is 0.472 e. The van der Waals surface area contributed by atoms with Gasteiger partial charge < -0.3 is 44.6 Å². The summed E-state index contributed by atoms with van der Waals surface area (Å²) in [5.74, 6) is 23.1. The quantitative estimate of drug-likeness (QED) is 0.0225. The van der Waals surface area contributed by atoms with Crippen molar-refractivity contribution in [2.75, 3.05) is 13.2 Å². The SMILES string of the molecule is C#CC#CC#CC#CC#CC#CC(=O)OC[C@H](COP(=O)(O)OC1C(O)[C@H](O)C(OP(=O)(O)O)C(O)[C@@H]1O)OC(=O)CCCCCCCCCCCCCCC.S.[HH].[HH].[HH].[HH].[HH].[HH].[HH].[HH].[HH].[HH].[HH]. The van der Waals surface area contributed by atoms with E-state index in [0.29, 0.717) is 6.42 Å².